The first-order valence-electron chi connectivity index (χ1n) is 5.47. The van der Waals surface area contributed by atoms with E-state index in [2.05, 4.69) is 0 Å². The summed E-state index contributed by atoms with van der Waals surface area (Å²) < 4.78 is 75.9. The van der Waals surface area contributed by atoms with Crippen molar-refractivity contribution in [1.29, 1.82) is 0 Å². The van der Waals surface area contributed by atoms with E-state index in [-0.39, 0.29) is 6.07 Å². The Labute approximate surface area is 113 Å². The lowest BCUT2D eigenvalue weighted by molar-refractivity contribution is -0.137. The van der Waals surface area contributed by atoms with E-state index in [9.17, 15) is 26.0 Å². The smallest absolute Gasteiger partial charge is 0.395 e. The largest absolute Gasteiger partial charge is 0.416 e. The van der Waals surface area contributed by atoms with Gasteiger partial charge < -0.3 is 5.11 Å². The highest BCUT2D eigenvalue weighted by Gasteiger charge is 2.34. The Morgan fingerprint density at radius 2 is 1.90 bits per heavy atom. The number of rotatable bonds is 4. The maximum atomic E-state index is 13.5. The maximum absolute atomic E-state index is 13.5. The quantitative estimate of drug-likeness (QED) is 0.863. The van der Waals surface area contributed by atoms with E-state index >= 15 is 0 Å². The average molecular weight is 315 g/mol. The summed E-state index contributed by atoms with van der Waals surface area (Å²) in [5.41, 5.74) is -1.26. The zero-order valence-corrected chi connectivity index (χ0v) is 11.5. The fourth-order valence-corrected chi connectivity index (χ4v) is 2.83. The standard InChI is InChI=1S/C11H13F4NO3S/c1-7(6-17)16(2)20(18,19)10-5-8(11(13,14)15)3-4-9(10)12/h3-5,7,17H,6H2,1-2H3. The molecule has 0 aliphatic heterocycles. The molecule has 1 aromatic carbocycles. The highest BCUT2D eigenvalue weighted by atomic mass is 32.2. The molecule has 0 heterocycles. The number of benzene rings is 1. The van der Waals surface area contributed by atoms with Crippen molar-refractivity contribution in [1.82, 2.24) is 4.31 Å². The highest BCUT2D eigenvalue weighted by Crippen LogP contribution is 2.32. The molecule has 9 heteroatoms. The van der Waals surface area contributed by atoms with E-state index in [1.165, 1.54) is 6.92 Å². The number of hydrogen-bond donors (Lipinski definition) is 1. The summed E-state index contributed by atoms with van der Waals surface area (Å²) in [4.78, 5) is -1.07. The lowest BCUT2D eigenvalue weighted by Gasteiger charge is -2.23. The third-order valence-corrected chi connectivity index (χ3v) is 4.79. The molecular weight excluding hydrogens is 302 g/mol. The van der Waals surface area contributed by atoms with Crippen LogP contribution < -0.4 is 0 Å². The van der Waals surface area contributed by atoms with Crippen LogP contribution >= 0.6 is 0 Å². The second-order valence-corrected chi connectivity index (χ2v) is 6.16. The molecule has 1 rings (SSSR count). The molecule has 0 aliphatic carbocycles. The van der Waals surface area contributed by atoms with Crippen molar-refractivity contribution in [3.8, 4) is 0 Å². The fraction of sp³-hybridized carbons (Fsp3) is 0.455. The predicted molar refractivity (Wildman–Crippen MR) is 62.9 cm³/mol. The van der Waals surface area contributed by atoms with Crippen LogP contribution in [0.1, 0.15) is 12.5 Å². The summed E-state index contributed by atoms with van der Waals surface area (Å²) in [7, 11) is -3.41. The second-order valence-electron chi connectivity index (χ2n) is 4.20. The molecule has 1 unspecified atom stereocenters. The van der Waals surface area contributed by atoms with Gasteiger partial charge in [-0.2, -0.15) is 17.5 Å². The maximum Gasteiger partial charge on any atom is 0.416 e. The minimum Gasteiger partial charge on any atom is -0.395 e. The van der Waals surface area contributed by atoms with E-state index in [1.807, 2.05) is 0 Å². The van der Waals surface area contributed by atoms with Crippen LogP contribution in [0.5, 0.6) is 0 Å². The third-order valence-electron chi connectivity index (χ3n) is 2.80. The van der Waals surface area contributed by atoms with Gasteiger partial charge in [0.05, 0.1) is 12.2 Å². The number of aliphatic hydroxyl groups excluding tert-OH is 1. The van der Waals surface area contributed by atoms with Gasteiger partial charge >= 0.3 is 6.18 Å². The Balaban J connectivity index is 3.39. The van der Waals surface area contributed by atoms with Gasteiger partial charge in [0.25, 0.3) is 0 Å². The van der Waals surface area contributed by atoms with E-state index < -0.39 is 45.1 Å². The van der Waals surface area contributed by atoms with E-state index in [4.69, 9.17) is 5.11 Å². The Morgan fingerprint density at radius 1 is 1.35 bits per heavy atom. The number of likely N-dealkylation sites (N-methyl/N-ethyl adjacent to an activating group) is 1. The van der Waals surface area contributed by atoms with Crippen molar-refractivity contribution >= 4 is 10.0 Å². The minimum absolute atomic E-state index is 0.241. The van der Waals surface area contributed by atoms with E-state index in [0.717, 1.165) is 7.05 Å². The van der Waals surface area contributed by atoms with Crippen molar-refractivity contribution < 1.29 is 31.1 Å². The minimum atomic E-state index is -4.78. The SMILES string of the molecule is CC(CO)N(C)S(=O)(=O)c1cc(C(F)(F)F)ccc1F. The number of sulfonamides is 1. The first kappa shape index (κ1) is 16.9. The zero-order valence-electron chi connectivity index (χ0n) is 10.6. The Kier molecular flexibility index (Phi) is 4.78. The molecular formula is C11H13F4NO3S. The van der Waals surface area contributed by atoms with Crippen LogP contribution in [0.3, 0.4) is 0 Å². The Hall–Kier alpha value is -1.19. The molecule has 0 aromatic heterocycles. The van der Waals surface area contributed by atoms with Gasteiger partial charge in [-0.25, -0.2) is 12.8 Å². The zero-order chi connectivity index (χ0) is 15.7. The van der Waals surface area contributed by atoms with Crippen molar-refractivity contribution in [2.24, 2.45) is 0 Å². The van der Waals surface area contributed by atoms with Gasteiger partial charge in [-0.3, -0.25) is 0 Å². The van der Waals surface area contributed by atoms with Crippen LogP contribution in [-0.2, 0) is 16.2 Å². The second kappa shape index (κ2) is 5.66. The van der Waals surface area contributed by atoms with Crippen molar-refractivity contribution in [3.63, 3.8) is 0 Å². The van der Waals surface area contributed by atoms with Crippen LogP contribution in [0.2, 0.25) is 0 Å². The molecule has 0 aliphatic rings. The van der Waals surface area contributed by atoms with Crippen LogP contribution in [0, 0.1) is 5.82 Å². The van der Waals surface area contributed by atoms with Gasteiger partial charge in [0.15, 0.2) is 0 Å². The number of halogens is 4. The average Bonchev–Trinajstić information content (AvgIpc) is 2.35. The van der Waals surface area contributed by atoms with Crippen LogP contribution in [0.15, 0.2) is 23.1 Å². The summed E-state index contributed by atoms with van der Waals surface area (Å²) in [5, 5.41) is 8.89. The van der Waals surface area contributed by atoms with Crippen LogP contribution in [0.25, 0.3) is 0 Å². The van der Waals surface area contributed by atoms with Crippen molar-refractivity contribution in [3.05, 3.63) is 29.6 Å². The Bertz CT molecular complexity index is 586. The molecule has 0 saturated carbocycles. The van der Waals surface area contributed by atoms with Crippen molar-refractivity contribution in [2.75, 3.05) is 13.7 Å². The van der Waals surface area contributed by atoms with Gasteiger partial charge in [0.1, 0.15) is 10.7 Å². The number of hydrogen-bond acceptors (Lipinski definition) is 3. The lowest BCUT2D eigenvalue weighted by atomic mass is 10.2. The van der Waals surface area contributed by atoms with Crippen LogP contribution in [-0.4, -0.2) is 37.5 Å². The van der Waals surface area contributed by atoms with Gasteiger partial charge in [-0.05, 0) is 25.1 Å². The summed E-state index contributed by atoms with van der Waals surface area (Å²) in [6.45, 7) is 0.791. The van der Waals surface area contributed by atoms with Gasteiger partial charge in [0, 0.05) is 13.1 Å². The molecule has 0 spiro atoms. The first-order chi connectivity index (χ1) is 9.01. The van der Waals surface area contributed by atoms with E-state index in [0.29, 0.717) is 16.4 Å². The molecule has 0 fully saturated rings. The predicted octanol–water partition coefficient (Wildman–Crippen LogP) is 1.85. The molecule has 1 atom stereocenters. The van der Waals surface area contributed by atoms with Crippen LogP contribution in [0.4, 0.5) is 17.6 Å². The molecule has 0 amide bonds. The molecule has 4 nitrogen and oxygen atoms in total. The monoisotopic (exact) mass is 315 g/mol. The molecule has 0 bridgehead atoms. The molecule has 1 N–H and O–H groups in total. The molecule has 1 aromatic rings. The number of aliphatic hydroxyl groups is 1. The lowest BCUT2D eigenvalue weighted by Crippen LogP contribution is -2.37. The third kappa shape index (κ3) is 3.28. The summed E-state index contributed by atoms with van der Waals surface area (Å²) in [6, 6.07) is 0.261. The molecule has 0 radical (unpaired) electrons. The molecule has 20 heavy (non-hydrogen) atoms. The van der Waals surface area contributed by atoms with Crippen molar-refractivity contribution in [2.45, 2.75) is 24.0 Å². The van der Waals surface area contributed by atoms with Gasteiger partial charge in [-0.15, -0.1) is 0 Å². The summed E-state index contributed by atoms with van der Waals surface area (Å²) >= 11 is 0. The first-order valence-corrected chi connectivity index (χ1v) is 6.91. The molecule has 0 saturated heterocycles. The summed E-state index contributed by atoms with van der Waals surface area (Å²) in [5.74, 6) is -1.28. The number of nitrogens with zero attached hydrogens (tertiary/aromatic N) is 1. The normalized spacial score (nSPS) is 14.6. The van der Waals surface area contributed by atoms with E-state index in [1.54, 1.807) is 0 Å². The fourth-order valence-electron chi connectivity index (χ4n) is 1.38. The van der Waals surface area contributed by atoms with Gasteiger partial charge in [-0.1, -0.05) is 0 Å². The van der Waals surface area contributed by atoms with Gasteiger partial charge in [0.2, 0.25) is 10.0 Å². The topological polar surface area (TPSA) is 57.6 Å². The molecule has 114 valence electrons. The summed E-state index contributed by atoms with van der Waals surface area (Å²) in [6.07, 6.45) is -4.78. The Morgan fingerprint density at radius 3 is 2.35 bits per heavy atom. The highest BCUT2D eigenvalue weighted by molar-refractivity contribution is 7.89. The number of alkyl halides is 3.